The third kappa shape index (κ3) is 1.72. The predicted molar refractivity (Wildman–Crippen MR) is 66.0 cm³/mol. The fourth-order valence-electron chi connectivity index (χ4n) is 1.81. The number of imidazole rings is 1. The fraction of sp³-hybridized carbons (Fsp3) is 0. The molecule has 3 nitrogen and oxygen atoms in total. The van der Waals surface area contributed by atoms with Gasteiger partial charge in [-0.25, -0.2) is 4.98 Å². The van der Waals surface area contributed by atoms with Crippen molar-refractivity contribution in [3.8, 4) is 11.3 Å². The highest BCUT2D eigenvalue weighted by Crippen LogP contribution is 2.19. The lowest BCUT2D eigenvalue weighted by atomic mass is 10.1. The van der Waals surface area contributed by atoms with Gasteiger partial charge in [0.15, 0.2) is 0 Å². The summed E-state index contributed by atoms with van der Waals surface area (Å²) in [5, 5.41) is 0. The van der Waals surface area contributed by atoms with Gasteiger partial charge in [-0.3, -0.25) is 4.79 Å². The molecule has 0 bridgehead atoms. The molecule has 0 aliphatic carbocycles. The summed E-state index contributed by atoms with van der Waals surface area (Å²) in [6, 6.07) is 13.3. The first-order valence-electron chi connectivity index (χ1n) is 5.36. The van der Waals surface area contributed by atoms with E-state index in [1.54, 1.807) is 12.1 Å². The Balaban J connectivity index is 2.10. The maximum Gasteiger partial charge on any atom is 0.150 e. The summed E-state index contributed by atoms with van der Waals surface area (Å²) in [5.41, 5.74) is 3.52. The van der Waals surface area contributed by atoms with E-state index in [2.05, 4.69) is 4.98 Å². The molecule has 0 amide bonds. The lowest BCUT2D eigenvalue weighted by Gasteiger charge is -1.95. The van der Waals surface area contributed by atoms with Crippen molar-refractivity contribution >= 4 is 11.9 Å². The lowest BCUT2D eigenvalue weighted by Crippen LogP contribution is -1.80. The van der Waals surface area contributed by atoms with Gasteiger partial charge in [-0.1, -0.05) is 30.3 Å². The van der Waals surface area contributed by atoms with E-state index in [9.17, 15) is 4.79 Å². The number of pyridine rings is 1. The average molecular weight is 222 g/mol. The Hall–Kier alpha value is -2.42. The smallest absolute Gasteiger partial charge is 0.150 e. The third-order valence-electron chi connectivity index (χ3n) is 2.71. The number of rotatable bonds is 2. The Kier molecular flexibility index (Phi) is 2.22. The van der Waals surface area contributed by atoms with Crippen molar-refractivity contribution in [2.75, 3.05) is 0 Å². The molecule has 0 fully saturated rings. The SMILES string of the molecule is O=Cc1ccc(-c2cn3ccccc3n2)cc1. The first-order chi connectivity index (χ1) is 8.36. The summed E-state index contributed by atoms with van der Waals surface area (Å²) in [7, 11) is 0. The maximum absolute atomic E-state index is 10.6. The molecule has 0 aliphatic rings. The van der Waals surface area contributed by atoms with Crippen LogP contribution in [0, 0.1) is 0 Å². The topological polar surface area (TPSA) is 34.4 Å². The molecule has 3 aromatic rings. The van der Waals surface area contributed by atoms with Crippen LogP contribution in [-0.4, -0.2) is 15.7 Å². The lowest BCUT2D eigenvalue weighted by molar-refractivity contribution is 0.112. The van der Waals surface area contributed by atoms with Gasteiger partial charge in [0.05, 0.1) is 5.69 Å². The van der Waals surface area contributed by atoms with Crippen LogP contribution in [0.15, 0.2) is 54.9 Å². The van der Waals surface area contributed by atoms with E-state index in [1.165, 1.54) is 0 Å². The van der Waals surface area contributed by atoms with Crippen LogP contribution in [0.5, 0.6) is 0 Å². The maximum atomic E-state index is 10.6. The van der Waals surface area contributed by atoms with Crippen LogP contribution < -0.4 is 0 Å². The number of nitrogens with zero attached hydrogens (tertiary/aromatic N) is 2. The first-order valence-corrected chi connectivity index (χ1v) is 5.36. The van der Waals surface area contributed by atoms with Gasteiger partial charge in [0.1, 0.15) is 11.9 Å². The Morgan fingerprint density at radius 2 is 1.88 bits per heavy atom. The van der Waals surface area contributed by atoms with Gasteiger partial charge in [0.2, 0.25) is 0 Å². The molecule has 2 heterocycles. The van der Waals surface area contributed by atoms with Gasteiger partial charge in [-0.05, 0) is 12.1 Å². The molecule has 1 aromatic carbocycles. The summed E-state index contributed by atoms with van der Waals surface area (Å²) < 4.78 is 1.98. The summed E-state index contributed by atoms with van der Waals surface area (Å²) >= 11 is 0. The van der Waals surface area contributed by atoms with Crippen LogP contribution in [0.4, 0.5) is 0 Å². The number of hydrogen-bond acceptors (Lipinski definition) is 2. The Morgan fingerprint density at radius 3 is 2.59 bits per heavy atom. The minimum absolute atomic E-state index is 0.678. The second-order valence-electron chi connectivity index (χ2n) is 3.83. The molecule has 0 saturated heterocycles. The molecule has 0 radical (unpaired) electrons. The highest BCUT2D eigenvalue weighted by Gasteiger charge is 2.03. The highest BCUT2D eigenvalue weighted by molar-refractivity contribution is 5.76. The van der Waals surface area contributed by atoms with Crippen molar-refractivity contribution in [1.29, 1.82) is 0 Å². The van der Waals surface area contributed by atoms with E-state index in [-0.39, 0.29) is 0 Å². The van der Waals surface area contributed by atoms with Gasteiger partial charge in [0, 0.05) is 23.5 Å². The molecule has 0 spiro atoms. The van der Waals surface area contributed by atoms with Crippen LogP contribution in [0.25, 0.3) is 16.9 Å². The molecule has 3 heteroatoms. The number of hydrogen-bond donors (Lipinski definition) is 0. The van der Waals surface area contributed by atoms with E-state index in [0.717, 1.165) is 23.2 Å². The highest BCUT2D eigenvalue weighted by atomic mass is 16.1. The van der Waals surface area contributed by atoms with Crippen molar-refractivity contribution in [2.24, 2.45) is 0 Å². The normalized spacial score (nSPS) is 10.6. The summed E-state index contributed by atoms with van der Waals surface area (Å²) in [4.78, 5) is 15.1. The first kappa shape index (κ1) is 9.78. The molecule has 0 aliphatic heterocycles. The number of fused-ring (bicyclic) bond motifs is 1. The van der Waals surface area contributed by atoms with Gasteiger partial charge in [-0.2, -0.15) is 0 Å². The van der Waals surface area contributed by atoms with E-state index < -0.39 is 0 Å². The zero-order valence-corrected chi connectivity index (χ0v) is 9.08. The number of carbonyl (C=O) groups excluding carboxylic acids is 1. The Bertz CT molecular complexity index is 635. The molecule has 0 unspecified atom stereocenters. The zero-order chi connectivity index (χ0) is 11.7. The molecule has 0 atom stereocenters. The minimum atomic E-state index is 0.678. The number of aldehydes is 1. The van der Waals surface area contributed by atoms with Crippen molar-refractivity contribution in [1.82, 2.24) is 9.38 Å². The van der Waals surface area contributed by atoms with E-state index >= 15 is 0 Å². The van der Waals surface area contributed by atoms with Crippen molar-refractivity contribution < 1.29 is 4.79 Å². The number of aromatic nitrogens is 2. The molecule has 3 rings (SSSR count). The van der Waals surface area contributed by atoms with Crippen LogP contribution in [-0.2, 0) is 0 Å². The molecule has 0 N–H and O–H groups in total. The summed E-state index contributed by atoms with van der Waals surface area (Å²) in [6.07, 6.45) is 4.78. The van der Waals surface area contributed by atoms with E-state index in [0.29, 0.717) is 5.56 Å². The third-order valence-corrected chi connectivity index (χ3v) is 2.71. The molecule has 17 heavy (non-hydrogen) atoms. The van der Waals surface area contributed by atoms with E-state index in [4.69, 9.17) is 0 Å². The second-order valence-corrected chi connectivity index (χ2v) is 3.83. The zero-order valence-electron chi connectivity index (χ0n) is 9.08. The fourth-order valence-corrected chi connectivity index (χ4v) is 1.81. The molecule has 82 valence electrons. The minimum Gasteiger partial charge on any atom is -0.306 e. The number of benzene rings is 1. The molecular formula is C14H10N2O. The van der Waals surface area contributed by atoms with Gasteiger partial charge >= 0.3 is 0 Å². The van der Waals surface area contributed by atoms with Crippen LogP contribution >= 0.6 is 0 Å². The van der Waals surface area contributed by atoms with Crippen LogP contribution in [0.1, 0.15) is 10.4 Å². The van der Waals surface area contributed by atoms with Crippen molar-refractivity contribution in [3.05, 3.63) is 60.4 Å². The predicted octanol–water partition coefficient (Wildman–Crippen LogP) is 2.81. The Labute approximate surface area is 98.4 Å². The van der Waals surface area contributed by atoms with E-state index in [1.807, 2.05) is 47.1 Å². The molecule has 0 saturated carbocycles. The van der Waals surface area contributed by atoms with Crippen molar-refractivity contribution in [3.63, 3.8) is 0 Å². The van der Waals surface area contributed by atoms with Gasteiger partial charge < -0.3 is 4.40 Å². The van der Waals surface area contributed by atoms with Crippen molar-refractivity contribution in [2.45, 2.75) is 0 Å². The summed E-state index contributed by atoms with van der Waals surface area (Å²) in [5.74, 6) is 0. The van der Waals surface area contributed by atoms with Crippen LogP contribution in [0.3, 0.4) is 0 Å². The average Bonchev–Trinajstić information content (AvgIpc) is 2.82. The van der Waals surface area contributed by atoms with Crippen LogP contribution in [0.2, 0.25) is 0 Å². The summed E-state index contributed by atoms with van der Waals surface area (Å²) in [6.45, 7) is 0. The standard InChI is InChI=1S/C14H10N2O/c17-10-11-4-6-12(7-5-11)13-9-16-8-2-1-3-14(16)15-13/h1-10H. The number of carbonyl (C=O) groups is 1. The molecule has 2 aromatic heterocycles. The monoisotopic (exact) mass is 222 g/mol. The quantitative estimate of drug-likeness (QED) is 0.625. The molecular weight excluding hydrogens is 212 g/mol. The Morgan fingerprint density at radius 1 is 1.06 bits per heavy atom. The second kappa shape index (κ2) is 3.87. The van der Waals surface area contributed by atoms with Gasteiger partial charge in [0.25, 0.3) is 0 Å². The largest absolute Gasteiger partial charge is 0.306 e. The van der Waals surface area contributed by atoms with Gasteiger partial charge in [-0.15, -0.1) is 0 Å².